The zero-order valence-corrected chi connectivity index (χ0v) is 65.1. The summed E-state index contributed by atoms with van der Waals surface area (Å²) in [5, 5.41) is 7.64. The van der Waals surface area contributed by atoms with E-state index in [2.05, 4.69) is 52.5 Å². The number of fused-ring (bicyclic) bond motifs is 2. The zero-order chi connectivity index (χ0) is 79.7. The number of imidazole rings is 1. The highest BCUT2D eigenvalue weighted by atomic mass is 35.5. The molecule has 23 nitrogen and oxygen atoms in total. The molecule has 0 bridgehead atoms. The molecule has 11 aromatic rings. The molecule has 4 atom stereocenters. The van der Waals surface area contributed by atoms with E-state index in [4.69, 9.17) is 55.6 Å². The molecule has 0 unspecified atom stereocenters. The maximum atomic E-state index is 15.5. The van der Waals surface area contributed by atoms with Gasteiger partial charge in [-0.2, -0.15) is 15.0 Å². The number of H-pyrrole nitrogens is 2. The smallest absolute Gasteiger partial charge is 0.435 e. The second kappa shape index (κ2) is 40.6. The minimum atomic E-state index is -0.589. The van der Waals surface area contributed by atoms with E-state index in [-0.39, 0.29) is 64.7 Å². The Hall–Kier alpha value is -11.0. The lowest BCUT2D eigenvalue weighted by Gasteiger charge is -2.19. The van der Waals surface area contributed by atoms with Gasteiger partial charge in [0.1, 0.15) is 35.7 Å². The second-order valence-electron chi connectivity index (χ2n) is 28.4. The number of nitrogens with one attached hydrogen (secondary N) is 4. The third-order valence-corrected chi connectivity index (χ3v) is 18.7. The number of aliphatic imine (C=N–C) groups is 2. The lowest BCUT2D eigenvalue weighted by Crippen LogP contribution is -2.33. The van der Waals surface area contributed by atoms with E-state index in [1.165, 1.54) is 9.13 Å². The molecule has 6 aromatic carbocycles. The monoisotopic (exact) mass is 1550 g/mol. The predicted molar refractivity (Wildman–Crippen MR) is 437 cm³/mol. The number of rotatable bonds is 30. The molecule has 0 fully saturated rings. The Kier molecular flexibility index (Phi) is 30.8. The molecule has 12 N–H and O–H groups in total. The van der Waals surface area contributed by atoms with E-state index < -0.39 is 40.8 Å². The fourth-order valence-corrected chi connectivity index (χ4v) is 12.8. The number of alkyl carbamates (subject to hydrolysis) is 1. The summed E-state index contributed by atoms with van der Waals surface area (Å²) in [6.45, 7) is 14.1. The average molecular weight is 1550 g/mol. The first-order valence-corrected chi connectivity index (χ1v) is 38.0. The number of nitrogens with two attached hydrogens (primary N) is 4. The maximum absolute atomic E-state index is 15.5. The van der Waals surface area contributed by atoms with Gasteiger partial charge in [0.15, 0.2) is 23.4 Å². The Morgan fingerprint density at radius 1 is 0.658 bits per heavy atom. The summed E-state index contributed by atoms with van der Waals surface area (Å²) in [5.41, 5.74) is 30.3. The van der Waals surface area contributed by atoms with Crippen LogP contribution in [0.2, 0.25) is 10.0 Å². The molecule has 5 aromatic heterocycles. The van der Waals surface area contributed by atoms with Crippen molar-refractivity contribution < 1.29 is 32.6 Å². The summed E-state index contributed by atoms with van der Waals surface area (Å²) >= 11 is 12.6. The molecule has 0 aliphatic rings. The number of Topliss-reactive ketones (excluding diaryl/α,β-unsaturated/α-hetero) is 1. The summed E-state index contributed by atoms with van der Waals surface area (Å²) in [7, 11) is 0. The molecule has 0 aliphatic carbocycles. The van der Waals surface area contributed by atoms with Crippen molar-refractivity contribution in [3.05, 3.63) is 253 Å². The molecule has 584 valence electrons. The van der Waals surface area contributed by atoms with Gasteiger partial charge in [-0.1, -0.05) is 134 Å². The van der Waals surface area contributed by atoms with Crippen molar-refractivity contribution in [1.29, 1.82) is 0 Å². The Morgan fingerprint density at radius 3 is 1.72 bits per heavy atom. The van der Waals surface area contributed by atoms with Gasteiger partial charge < -0.3 is 53.0 Å². The number of ketones is 1. The number of benzene rings is 6. The van der Waals surface area contributed by atoms with Gasteiger partial charge in [-0.25, -0.2) is 32.9 Å². The Morgan fingerprint density at radius 2 is 1.20 bits per heavy atom. The van der Waals surface area contributed by atoms with E-state index in [9.17, 15) is 24.0 Å². The van der Waals surface area contributed by atoms with Crippen molar-refractivity contribution >= 4 is 75.0 Å². The molecule has 0 radical (unpaired) electrons. The van der Waals surface area contributed by atoms with Crippen LogP contribution in [-0.2, 0) is 28.9 Å². The van der Waals surface area contributed by atoms with Crippen LogP contribution in [0.3, 0.4) is 0 Å². The molecule has 2 amide bonds. The van der Waals surface area contributed by atoms with Crippen LogP contribution in [-0.4, -0.2) is 99.2 Å². The standard InChI is InChI=1S/C45H47ClFN5O4.C29H36ClFN8O.C10H15N3O2/c1-3-4-7-19-39(48-27-41(53)34-17-10-6-11-18-34)33-20-22-36(23-21-33)52-28-35-26-40(50-43(35)51-44(52)54)37-24-32(25-38(46)42(37)47)16-12-13-30(2)49-45(55)56-29-31-14-8-5-9-15-31;1-17(32)5-4-6-18-13-22(26(31)23(30)14-18)25-15-20-16-39(29(40)38-27(20)37-25)21-10-8-19(9-11-21)24(33)7-2-3-12-36-28(34)35;1-8(13-6-5-11-7-13)12-9(14)15-10(2,3)4/h5-6,8-11,14-15,17-18,20-26,28,30,39,48H,3-4,7,12-13,16,19,27,29H2,1-2H3,(H,49,55)(H,50,51,54);8-11,13-17,24H,2-7,12,32-33H2,1H3,(H4,34,35,36)(H,37,38,40);5-7H,1-4H3/t30-,39+;17-,24+;/m00./s1. The molecule has 0 spiro atoms. The number of carbonyl (C=O) groups is 3. The summed E-state index contributed by atoms with van der Waals surface area (Å²) in [4.78, 5) is 88.8. The molecule has 111 heavy (non-hydrogen) atoms. The van der Waals surface area contributed by atoms with Crippen molar-refractivity contribution in [1.82, 2.24) is 49.3 Å². The van der Waals surface area contributed by atoms with Crippen LogP contribution in [0.15, 0.2) is 196 Å². The molecular weight excluding hydrogens is 1450 g/mol. The molecule has 0 aliphatic heterocycles. The van der Waals surface area contributed by atoms with Crippen LogP contribution >= 0.6 is 23.2 Å². The molecule has 0 saturated carbocycles. The lowest BCUT2D eigenvalue weighted by atomic mass is 9.99. The largest absolute Gasteiger partial charge is 0.445 e. The first-order chi connectivity index (χ1) is 53.2. The number of guanidine groups is 1. The van der Waals surface area contributed by atoms with Crippen molar-refractivity contribution in [2.45, 2.75) is 168 Å². The first kappa shape index (κ1) is 84.1. The van der Waals surface area contributed by atoms with Gasteiger partial charge >= 0.3 is 23.6 Å². The molecule has 5 heterocycles. The predicted octanol–water partition coefficient (Wildman–Crippen LogP) is 16.3. The number of hydrogen-bond acceptors (Lipinski definition) is 14. The maximum Gasteiger partial charge on any atom is 0.435 e. The van der Waals surface area contributed by atoms with Gasteiger partial charge in [0.25, 0.3) is 0 Å². The highest BCUT2D eigenvalue weighted by Crippen LogP contribution is 2.34. The van der Waals surface area contributed by atoms with Crippen molar-refractivity contribution in [3.63, 3.8) is 0 Å². The Bertz CT molecular complexity index is 5080. The topological polar surface area (TPSA) is 342 Å². The quantitative estimate of drug-likeness (QED) is 0.00898. The second-order valence-corrected chi connectivity index (χ2v) is 29.2. The molecular formula is C84H98Cl2F2N16O7. The van der Waals surface area contributed by atoms with Crippen molar-refractivity contribution in [2.75, 3.05) is 13.1 Å². The van der Waals surface area contributed by atoms with E-state index in [1.807, 2.05) is 123 Å². The minimum absolute atomic E-state index is 0.00799. The van der Waals surface area contributed by atoms with E-state index in [1.54, 1.807) is 99.8 Å². The third kappa shape index (κ3) is 25.3. The Labute approximate surface area is 654 Å². The lowest BCUT2D eigenvalue weighted by molar-refractivity contribution is 0.0603. The van der Waals surface area contributed by atoms with Gasteiger partial charge in [-0.3, -0.25) is 23.5 Å². The van der Waals surface area contributed by atoms with E-state index in [0.29, 0.717) is 81.2 Å². The van der Waals surface area contributed by atoms with E-state index >= 15 is 8.78 Å². The highest BCUT2D eigenvalue weighted by molar-refractivity contribution is 6.31. The van der Waals surface area contributed by atoms with Gasteiger partial charge in [0.2, 0.25) is 0 Å². The van der Waals surface area contributed by atoms with Gasteiger partial charge in [0, 0.05) is 83.0 Å². The minimum Gasteiger partial charge on any atom is -0.445 e. The van der Waals surface area contributed by atoms with Crippen LogP contribution in [0.25, 0.3) is 56.0 Å². The first-order valence-electron chi connectivity index (χ1n) is 37.2. The summed E-state index contributed by atoms with van der Waals surface area (Å²) in [6.07, 6.45) is 18.3. The van der Waals surface area contributed by atoms with Crippen molar-refractivity contribution in [2.24, 2.45) is 32.9 Å². The van der Waals surface area contributed by atoms with Gasteiger partial charge in [-0.05, 0) is 194 Å². The fraction of sp³-hybridized carbons (Fsp3) is 0.333. The number of amides is 2. The van der Waals surface area contributed by atoms with Crippen LogP contribution in [0.4, 0.5) is 18.4 Å². The van der Waals surface area contributed by atoms with Crippen LogP contribution in [0, 0.1) is 11.6 Å². The zero-order valence-electron chi connectivity index (χ0n) is 63.6. The van der Waals surface area contributed by atoms with Crippen LogP contribution < -0.4 is 44.9 Å². The number of halogens is 4. The Balaban J connectivity index is 0.000000223. The molecule has 11 rings (SSSR count). The average Bonchev–Trinajstić information content (AvgIpc) is 1.65. The number of aryl methyl sites for hydroxylation is 2. The number of ether oxygens (including phenoxy) is 2. The third-order valence-electron chi connectivity index (χ3n) is 18.2. The summed E-state index contributed by atoms with van der Waals surface area (Å²) in [5.74, 6) is -0.444. The number of unbranched alkanes of at least 4 members (excludes halogenated alkanes) is 3. The summed E-state index contributed by atoms with van der Waals surface area (Å²) < 4.78 is 45.4. The fourth-order valence-electron chi connectivity index (χ4n) is 12.4. The van der Waals surface area contributed by atoms with Crippen LogP contribution in [0.5, 0.6) is 0 Å². The molecule has 0 saturated heterocycles. The van der Waals surface area contributed by atoms with Gasteiger partial charge in [0.05, 0.1) is 39.4 Å². The van der Waals surface area contributed by atoms with Crippen molar-refractivity contribution in [3.8, 4) is 33.9 Å². The normalized spacial score (nSPS) is 12.6. The van der Waals surface area contributed by atoms with Crippen LogP contribution in [0.1, 0.15) is 169 Å². The number of carbonyl (C=O) groups excluding carboxylic acids is 3. The summed E-state index contributed by atoms with van der Waals surface area (Å²) in [6, 6.07) is 44.0. The van der Waals surface area contributed by atoms with E-state index in [0.717, 1.165) is 98.4 Å². The number of aromatic amines is 2. The molecule has 27 heteroatoms. The van der Waals surface area contributed by atoms with Gasteiger partial charge in [-0.15, -0.1) is 0 Å². The number of nitrogens with zero attached hydrogens (tertiary/aromatic N) is 8. The SMILES string of the molecule is CC(=NC(=O)OC(C)(C)C)n1ccnc1.CCCCC[C@@H](NCC(=O)c1ccccc1)c1ccc(-n2cc3cc(-c4cc(CCC[C@H](C)NC(=O)OCc5ccccc5)cc(Cl)c4F)[nH]c3nc2=O)cc1.C[C@H](N)CCCc1cc(Cl)c(F)c(-c2cc3cn(-c4ccc([C@H](N)CCCCN=C(N)N)cc4)c(=O)nc3[nH]2)c1. The number of hydrogen-bond donors (Lipinski definition) is 8. The number of aromatic nitrogens is 8. The highest BCUT2D eigenvalue weighted by Gasteiger charge is 2.22.